The maximum atomic E-state index is 6.69. The molecule has 9 unspecified atom stereocenters. The number of rotatable bonds is 0. The monoisotopic (exact) mass is 242 g/mol. The smallest absolute Gasteiger partial charge is 0.0641 e. The summed E-state index contributed by atoms with van der Waals surface area (Å²) in [7, 11) is 0. The third-order valence-electron chi connectivity index (χ3n) is 8.93. The molecule has 2 aliphatic heterocycles. The van der Waals surface area contributed by atoms with E-state index in [1.54, 1.807) is 38.5 Å². The van der Waals surface area contributed by atoms with Gasteiger partial charge in [0.2, 0.25) is 0 Å². The lowest BCUT2D eigenvalue weighted by atomic mass is 9.26. The number of ether oxygens (including phenoxy) is 1. The Bertz CT molecular complexity index is 400. The third kappa shape index (κ3) is 0.653. The van der Waals surface area contributed by atoms with Crippen molar-refractivity contribution in [3.63, 3.8) is 0 Å². The van der Waals surface area contributed by atoms with Crippen LogP contribution >= 0.6 is 0 Å². The van der Waals surface area contributed by atoms with E-state index in [1.807, 2.05) is 0 Å². The van der Waals surface area contributed by atoms with Crippen molar-refractivity contribution in [1.29, 1.82) is 0 Å². The molecule has 10 rings (SSSR count). The van der Waals surface area contributed by atoms with Crippen molar-refractivity contribution < 1.29 is 4.74 Å². The molecule has 0 N–H and O–H groups in total. The lowest BCUT2D eigenvalue weighted by Gasteiger charge is -2.82. The number of hydrogen-bond donors (Lipinski definition) is 0. The van der Waals surface area contributed by atoms with Gasteiger partial charge in [0.1, 0.15) is 0 Å². The van der Waals surface area contributed by atoms with Crippen molar-refractivity contribution in [3.8, 4) is 0 Å². The van der Waals surface area contributed by atoms with Gasteiger partial charge in [-0.05, 0) is 91.3 Å². The zero-order chi connectivity index (χ0) is 11.2. The highest BCUT2D eigenvalue weighted by Gasteiger charge is 2.78. The Balaban J connectivity index is 1.56. The fourth-order valence-electron chi connectivity index (χ4n) is 9.49. The molecular weight excluding hydrogens is 220 g/mol. The molecule has 11 atom stereocenters. The van der Waals surface area contributed by atoms with Crippen LogP contribution in [0.4, 0.5) is 0 Å². The maximum absolute atomic E-state index is 6.69. The van der Waals surface area contributed by atoms with Crippen molar-refractivity contribution >= 4 is 0 Å². The summed E-state index contributed by atoms with van der Waals surface area (Å²) in [6, 6.07) is 0. The molecule has 8 aliphatic carbocycles. The Labute approximate surface area is 109 Å². The van der Waals surface area contributed by atoms with E-state index in [0.29, 0.717) is 0 Å². The first-order valence-corrected chi connectivity index (χ1v) is 8.51. The quantitative estimate of drug-likeness (QED) is 0.634. The maximum Gasteiger partial charge on any atom is 0.0641 e. The fourth-order valence-corrected chi connectivity index (χ4v) is 9.49. The summed E-state index contributed by atoms with van der Waals surface area (Å²) in [5, 5.41) is 0. The molecule has 18 heavy (non-hydrogen) atoms. The minimum atomic E-state index is 0.733. The van der Waals surface area contributed by atoms with Crippen LogP contribution in [-0.2, 0) is 4.74 Å². The molecule has 1 nitrogen and oxygen atoms in total. The van der Waals surface area contributed by atoms with Gasteiger partial charge in [-0.25, -0.2) is 0 Å². The van der Waals surface area contributed by atoms with Crippen molar-refractivity contribution in [2.45, 2.75) is 50.7 Å². The first-order valence-electron chi connectivity index (χ1n) is 8.51. The molecule has 0 aromatic heterocycles. The highest BCUT2D eigenvalue weighted by molar-refractivity contribution is 5.26. The van der Waals surface area contributed by atoms with Crippen LogP contribution in [-0.4, -0.2) is 12.2 Å². The zero-order valence-corrected chi connectivity index (χ0v) is 10.9. The molecule has 0 aromatic carbocycles. The average Bonchev–Trinajstić information content (AvgIpc) is 2.36. The topological polar surface area (TPSA) is 9.23 Å². The lowest BCUT2D eigenvalue weighted by molar-refractivity contribution is -0.400. The van der Waals surface area contributed by atoms with Gasteiger partial charge in [0, 0.05) is 0 Å². The second-order valence-corrected chi connectivity index (χ2v) is 9.09. The molecule has 2 heterocycles. The molecular formula is C17H22O. The summed E-state index contributed by atoms with van der Waals surface area (Å²) in [5.74, 6) is 8.54. The van der Waals surface area contributed by atoms with E-state index in [4.69, 9.17) is 4.74 Å². The summed E-state index contributed by atoms with van der Waals surface area (Å²) in [6.45, 7) is 0. The van der Waals surface area contributed by atoms with Crippen LogP contribution in [0, 0.1) is 52.8 Å². The van der Waals surface area contributed by atoms with E-state index < -0.39 is 0 Å². The molecule has 0 radical (unpaired) electrons. The van der Waals surface area contributed by atoms with E-state index in [2.05, 4.69) is 0 Å². The van der Waals surface area contributed by atoms with Crippen LogP contribution in [0.15, 0.2) is 0 Å². The Morgan fingerprint density at radius 3 is 1.56 bits per heavy atom. The molecule has 1 spiro atoms. The van der Waals surface area contributed by atoms with Crippen LogP contribution in [0.2, 0.25) is 0 Å². The summed E-state index contributed by atoms with van der Waals surface area (Å²) in [5.41, 5.74) is 0.865. The summed E-state index contributed by atoms with van der Waals surface area (Å²) in [4.78, 5) is 0. The predicted octanol–water partition coefficient (Wildman–Crippen LogP) is 3.09. The molecule has 1 heteroatoms. The van der Waals surface area contributed by atoms with Gasteiger partial charge in [-0.2, -0.15) is 0 Å². The van der Waals surface area contributed by atoms with Crippen LogP contribution in [0.1, 0.15) is 38.5 Å². The molecule has 0 amide bonds. The Morgan fingerprint density at radius 1 is 0.667 bits per heavy atom. The van der Waals surface area contributed by atoms with Gasteiger partial charge in [-0.15, -0.1) is 0 Å². The van der Waals surface area contributed by atoms with E-state index in [9.17, 15) is 0 Å². The highest BCUT2D eigenvalue weighted by atomic mass is 16.5. The van der Waals surface area contributed by atoms with Crippen molar-refractivity contribution in [2.24, 2.45) is 52.8 Å². The molecule has 10 fully saturated rings. The van der Waals surface area contributed by atoms with Gasteiger partial charge in [-0.3, -0.25) is 0 Å². The molecule has 8 saturated carbocycles. The van der Waals surface area contributed by atoms with Gasteiger partial charge in [-0.1, -0.05) is 0 Å². The number of hydrogen-bond acceptors (Lipinski definition) is 1. The van der Waals surface area contributed by atoms with Gasteiger partial charge in [0.15, 0.2) is 0 Å². The summed E-state index contributed by atoms with van der Waals surface area (Å²) < 4.78 is 6.69. The molecule has 2 saturated heterocycles. The van der Waals surface area contributed by atoms with Gasteiger partial charge < -0.3 is 4.74 Å². The highest BCUT2D eigenvalue weighted by Crippen LogP contribution is 2.81. The Kier molecular flexibility index (Phi) is 1.17. The first-order chi connectivity index (χ1) is 8.85. The first kappa shape index (κ1) is 9.00. The Hall–Kier alpha value is -0.0400. The van der Waals surface area contributed by atoms with E-state index in [-0.39, 0.29) is 0 Å². The molecule has 11 bridgehead atoms. The van der Waals surface area contributed by atoms with E-state index in [1.165, 1.54) is 0 Å². The predicted molar refractivity (Wildman–Crippen MR) is 66.7 cm³/mol. The van der Waals surface area contributed by atoms with Gasteiger partial charge in [0.25, 0.3) is 0 Å². The average molecular weight is 242 g/mol. The summed E-state index contributed by atoms with van der Waals surface area (Å²) >= 11 is 0. The minimum Gasteiger partial charge on any atom is -0.374 e. The van der Waals surface area contributed by atoms with E-state index in [0.717, 1.165) is 65.0 Å². The minimum absolute atomic E-state index is 0.733. The molecule has 0 aromatic rings. The Morgan fingerprint density at radius 2 is 1.11 bits per heavy atom. The normalized spacial score (nSPS) is 80.0. The fraction of sp³-hybridized carbons (Fsp3) is 1.00. The van der Waals surface area contributed by atoms with Gasteiger partial charge >= 0.3 is 0 Å². The standard InChI is InChI=1S/C17H22O/c1-7-2-10-14-12-4-8-3-11-13(17(14,5-7)6-8)9(1)15(10)18-16(11)12/h7-16H,1-6H2/t7?,8?,9-,10+,11?,12?,13?,14?,15?,16?,17?. The third-order valence-corrected chi connectivity index (χ3v) is 8.93. The van der Waals surface area contributed by atoms with Crippen molar-refractivity contribution in [3.05, 3.63) is 0 Å². The summed E-state index contributed by atoms with van der Waals surface area (Å²) in [6.07, 6.45) is 11.0. The lowest BCUT2D eigenvalue weighted by Crippen LogP contribution is -2.80. The van der Waals surface area contributed by atoms with Crippen LogP contribution in [0.25, 0.3) is 0 Å². The van der Waals surface area contributed by atoms with Gasteiger partial charge in [0.05, 0.1) is 12.2 Å². The van der Waals surface area contributed by atoms with Crippen molar-refractivity contribution in [2.75, 3.05) is 0 Å². The molecule has 10 aliphatic rings. The van der Waals surface area contributed by atoms with Crippen molar-refractivity contribution in [1.82, 2.24) is 0 Å². The second kappa shape index (κ2) is 2.34. The molecule has 96 valence electrons. The SMILES string of the molecule is C1C2CC3C4OC5[C@H]6CC7C[C@@H]5C3C(C2)(C7)C6C14. The van der Waals surface area contributed by atoms with Crippen LogP contribution in [0.5, 0.6) is 0 Å². The van der Waals surface area contributed by atoms with E-state index >= 15 is 0 Å². The largest absolute Gasteiger partial charge is 0.374 e. The zero-order valence-electron chi connectivity index (χ0n) is 10.9. The second-order valence-electron chi connectivity index (χ2n) is 9.09. The van der Waals surface area contributed by atoms with Crippen LogP contribution in [0.3, 0.4) is 0 Å². The van der Waals surface area contributed by atoms with Crippen LogP contribution < -0.4 is 0 Å².